The first kappa shape index (κ1) is 16.8. The summed E-state index contributed by atoms with van der Waals surface area (Å²) in [6.45, 7) is 5.27. The molecule has 1 saturated heterocycles. The van der Waals surface area contributed by atoms with Crippen LogP contribution in [-0.2, 0) is 13.1 Å². The molecule has 0 aliphatic carbocycles. The highest BCUT2D eigenvalue weighted by molar-refractivity contribution is 6.30. The van der Waals surface area contributed by atoms with E-state index in [-0.39, 0.29) is 0 Å². The number of halogens is 2. The second-order valence-electron chi connectivity index (χ2n) is 6.21. The van der Waals surface area contributed by atoms with Crippen LogP contribution in [0, 0.1) is 0 Å². The Morgan fingerprint density at radius 3 is 1.43 bits per heavy atom. The van der Waals surface area contributed by atoms with Gasteiger partial charge in [-0.1, -0.05) is 47.5 Å². The van der Waals surface area contributed by atoms with Crippen molar-refractivity contribution in [3.05, 3.63) is 69.7 Å². The van der Waals surface area contributed by atoms with E-state index in [9.17, 15) is 0 Å². The minimum absolute atomic E-state index is 0.800. The molecule has 4 heteroatoms. The Balaban J connectivity index is 1.61. The number of benzene rings is 2. The summed E-state index contributed by atoms with van der Waals surface area (Å²) in [6.07, 6.45) is 2.51. The van der Waals surface area contributed by atoms with Gasteiger partial charge in [0.1, 0.15) is 0 Å². The lowest BCUT2D eigenvalue weighted by Crippen LogP contribution is -2.35. The van der Waals surface area contributed by atoms with E-state index in [2.05, 4.69) is 34.1 Å². The van der Waals surface area contributed by atoms with Crippen molar-refractivity contribution in [2.75, 3.05) is 19.8 Å². The van der Waals surface area contributed by atoms with Crippen LogP contribution in [0.4, 0.5) is 0 Å². The smallest absolute Gasteiger partial charge is 0.0512 e. The lowest BCUT2D eigenvalue weighted by molar-refractivity contribution is 0.143. The number of rotatable bonds is 4. The number of hydrogen-bond acceptors (Lipinski definition) is 2. The Hall–Kier alpha value is -1.06. The Morgan fingerprint density at radius 1 is 0.652 bits per heavy atom. The van der Waals surface area contributed by atoms with E-state index in [4.69, 9.17) is 23.2 Å². The summed E-state index contributed by atoms with van der Waals surface area (Å²) < 4.78 is 0. The average molecular weight is 349 g/mol. The standard InChI is InChI=1S/C19H22Cl2N2/c20-18-7-3-16(4-8-18)13-22-11-1-2-12-23(15-22)14-17-5-9-19(21)10-6-17/h3-10H,1-2,11-15H2. The van der Waals surface area contributed by atoms with Gasteiger partial charge in [0.05, 0.1) is 6.67 Å². The molecule has 1 aliphatic heterocycles. The molecule has 1 heterocycles. The summed E-state index contributed by atoms with van der Waals surface area (Å²) in [6, 6.07) is 16.4. The molecule has 1 aliphatic rings. The van der Waals surface area contributed by atoms with Crippen molar-refractivity contribution in [2.24, 2.45) is 0 Å². The van der Waals surface area contributed by atoms with Gasteiger partial charge in [-0.05, 0) is 61.3 Å². The van der Waals surface area contributed by atoms with E-state index in [1.807, 2.05) is 24.3 Å². The normalized spacial score (nSPS) is 17.1. The fourth-order valence-electron chi connectivity index (χ4n) is 3.05. The lowest BCUT2D eigenvalue weighted by atomic mass is 10.2. The molecule has 122 valence electrons. The molecule has 0 unspecified atom stereocenters. The Morgan fingerprint density at radius 2 is 1.04 bits per heavy atom. The van der Waals surface area contributed by atoms with Crippen molar-refractivity contribution in [3.8, 4) is 0 Å². The molecule has 1 fully saturated rings. The van der Waals surface area contributed by atoms with Crippen molar-refractivity contribution in [1.82, 2.24) is 9.80 Å². The molecule has 0 N–H and O–H groups in total. The highest BCUT2D eigenvalue weighted by Gasteiger charge is 2.16. The third kappa shape index (κ3) is 5.22. The average Bonchev–Trinajstić information content (AvgIpc) is 2.77. The van der Waals surface area contributed by atoms with Gasteiger partial charge in [-0.25, -0.2) is 0 Å². The molecule has 2 aromatic rings. The van der Waals surface area contributed by atoms with Gasteiger partial charge in [0.2, 0.25) is 0 Å². The minimum atomic E-state index is 0.800. The van der Waals surface area contributed by atoms with Crippen LogP contribution in [0.25, 0.3) is 0 Å². The molecule has 2 aromatic carbocycles. The molecule has 0 radical (unpaired) electrons. The van der Waals surface area contributed by atoms with Crippen LogP contribution in [0.3, 0.4) is 0 Å². The Kier molecular flexibility index (Phi) is 5.96. The number of hydrogen-bond donors (Lipinski definition) is 0. The zero-order valence-corrected chi connectivity index (χ0v) is 14.7. The Labute approximate surface area is 148 Å². The van der Waals surface area contributed by atoms with E-state index < -0.39 is 0 Å². The van der Waals surface area contributed by atoms with Gasteiger partial charge in [-0.3, -0.25) is 9.80 Å². The fraction of sp³-hybridized carbons (Fsp3) is 0.368. The Bertz CT molecular complexity index is 555. The predicted molar refractivity (Wildman–Crippen MR) is 97.8 cm³/mol. The van der Waals surface area contributed by atoms with Crippen LogP contribution in [-0.4, -0.2) is 29.6 Å². The monoisotopic (exact) mass is 348 g/mol. The summed E-state index contributed by atoms with van der Waals surface area (Å²) in [5.74, 6) is 0. The van der Waals surface area contributed by atoms with Crippen LogP contribution in [0.5, 0.6) is 0 Å². The largest absolute Gasteiger partial charge is 0.286 e. The van der Waals surface area contributed by atoms with Crippen molar-refractivity contribution in [2.45, 2.75) is 25.9 Å². The molecule has 23 heavy (non-hydrogen) atoms. The first-order chi connectivity index (χ1) is 11.2. The van der Waals surface area contributed by atoms with Crippen molar-refractivity contribution in [1.29, 1.82) is 0 Å². The minimum Gasteiger partial charge on any atom is -0.286 e. The van der Waals surface area contributed by atoms with Gasteiger partial charge in [0.25, 0.3) is 0 Å². The van der Waals surface area contributed by atoms with Crippen LogP contribution in [0.2, 0.25) is 10.0 Å². The van der Waals surface area contributed by atoms with Crippen molar-refractivity contribution in [3.63, 3.8) is 0 Å². The predicted octanol–water partition coefficient (Wildman–Crippen LogP) is 5.05. The maximum atomic E-state index is 5.97. The highest BCUT2D eigenvalue weighted by atomic mass is 35.5. The first-order valence-electron chi connectivity index (χ1n) is 8.13. The fourth-order valence-corrected chi connectivity index (χ4v) is 3.30. The van der Waals surface area contributed by atoms with Crippen LogP contribution < -0.4 is 0 Å². The molecule has 0 saturated carbocycles. The maximum Gasteiger partial charge on any atom is 0.0512 e. The van der Waals surface area contributed by atoms with E-state index in [1.54, 1.807) is 0 Å². The van der Waals surface area contributed by atoms with Gasteiger partial charge in [-0.15, -0.1) is 0 Å². The summed E-state index contributed by atoms with van der Waals surface area (Å²) in [5, 5.41) is 1.60. The molecule has 3 rings (SSSR count). The topological polar surface area (TPSA) is 6.48 Å². The summed E-state index contributed by atoms with van der Waals surface area (Å²) in [7, 11) is 0. The highest BCUT2D eigenvalue weighted by Crippen LogP contribution is 2.17. The molecule has 2 nitrogen and oxygen atoms in total. The van der Waals surface area contributed by atoms with Crippen molar-refractivity contribution >= 4 is 23.2 Å². The van der Waals surface area contributed by atoms with Gasteiger partial charge in [0, 0.05) is 23.1 Å². The third-order valence-electron chi connectivity index (χ3n) is 4.24. The van der Waals surface area contributed by atoms with Crippen molar-refractivity contribution < 1.29 is 0 Å². The van der Waals surface area contributed by atoms with Gasteiger partial charge in [0.15, 0.2) is 0 Å². The van der Waals surface area contributed by atoms with Crippen LogP contribution in [0.15, 0.2) is 48.5 Å². The van der Waals surface area contributed by atoms with E-state index in [1.165, 1.54) is 24.0 Å². The molecule has 0 spiro atoms. The van der Waals surface area contributed by atoms with E-state index in [0.717, 1.165) is 42.9 Å². The quantitative estimate of drug-likeness (QED) is 0.762. The zero-order chi connectivity index (χ0) is 16.1. The molecule has 0 aromatic heterocycles. The summed E-state index contributed by atoms with van der Waals surface area (Å²) in [4.78, 5) is 5.04. The van der Waals surface area contributed by atoms with E-state index >= 15 is 0 Å². The molecular formula is C19H22Cl2N2. The van der Waals surface area contributed by atoms with Crippen LogP contribution >= 0.6 is 23.2 Å². The SMILES string of the molecule is Clc1ccc(CN2CCCCN(Cc3ccc(Cl)cc3)C2)cc1. The van der Waals surface area contributed by atoms with E-state index in [0.29, 0.717) is 0 Å². The lowest BCUT2D eigenvalue weighted by Gasteiger charge is -2.27. The number of nitrogens with zero attached hydrogens (tertiary/aromatic N) is 2. The molecule has 0 atom stereocenters. The molecule has 0 amide bonds. The second kappa shape index (κ2) is 8.16. The summed E-state index contributed by atoms with van der Waals surface area (Å²) in [5.41, 5.74) is 2.64. The van der Waals surface area contributed by atoms with Gasteiger partial charge < -0.3 is 0 Å². The third-order valence-corrected chi connectivity index (χ3v) is 4.74. The van der Waals surface area contributed by atoms with Crippen LogP contribution in [0.1, 0.15) is 24.0 Å². The summed E-state index contributed by atoms with van der Waals surface area (Å²) >= 11 is 11.9. The molecular weight excluding hydrogens is 327 g/mol. The second-order valence-corrected chi connectivity index (χ2v) is 7.08. The first-order valence-corrected chi connectivity index (χ1v) is 8.88. The van der Waals surface area contributed by atoms with Gasteiger partial charge in [-0.2, -0.15) is 0 Å². The maximum absolute atomic E-state index is 5.97. The van der Waals surface area contributed by atoms with Gasteiger partial charge >= 0.3 is 0 Å². The zero-order valence-electron chi connectivity index (χ0n) is 13.2. The molecule has 0 bridgehead atoms.